The number of rotatable bonds is 7. The lowest BCUT2D eigenvalue weighted by Gasteiger charge is -2.05. The minimum absolute atomic E-state index is 0.164. The van der Waals surface area contributed by atoms with Crippen LogP contribution in [-0.4, -0.2) is 6.54 Å². The van der Waals surface area contributed by atoms with Crippen LogP contribution in [0.3, 0.4) is 0 Å². The Bertz CT molecular complexity index is 482. The molecule has 0 saturated heterocycles. The van der Waals surface area contributed by atoms with E-state index < -0.39 is 0 Å². The second kappa shape index (κ2) is 7.70. The van der Waals surface area contributed by atoms with Gasteiger partial charge in [-0.1, -0.05) is 42.5 Å². The van der Waals surface area contributed by atoms with E-state index in [1.54, 1.807) is 12.1 Å². The summed E-state index contributed by atoms with van der Waals surface area (Å²) in [6, 6.07) is 17.3. The number of halogens is 1. The summed E-state index contributed by atoms with van der Waals surface area (Å²) in [6.07, 6.45) is 3.45. The van der Waals surface area contributed by atoms with E-state index in [4.69, 9.17) is 0 Å². The van der Waals surface area contributed by atoms with Gasteiger partial charge in [-0.15, -0.1) is 0 Å². The Hall–Kier alpha value is -1.67. The third-order valence-corrected chi connectivity index (χ3v) is 3.13. The molecule has 2 rings (SSSR count). The van der Waals surface area contributed by atoms with Gasteiger partial charge in [0.1, 0.15) is 5.82 Å². The number of nitrogens with one attached hydrogen (secondary N) is 1. The highest BCUT2D eigenvalue weighted by atomic mass is 19.1. The van der Waals surface area contributed by atoms with Crippen LogP contribution in [0, 0.1) is 5.82 Å². The Balaban J connectivity index is 1.58. The SMILES string of the molecule is Fc1cccc(CNCCCCc2ccccc2)c1. The molecule has 1 N–H and O–H groups in total. The highest BCUT2D eigenvalue weighted by Gasteiger charge is 1.95. The van der Waals surface area contributed by atoms with Crippen molar-refractivity contribution in [2.45, 2.75) is 25.8 Å². The van der Waals surface area contributed by atoms with E-state index in [9.17, 15) is 4.39 Å². The molecule has 100 valence electrons. The van der Waals surface area contributed by atoms with Crippen molar-refractivity contribution in [2.24, 2.45) is 0 Å². The zero-order chi connectivity index (χ0) is 13.3. The van der Waals surface area contributed by atoms with Gasteiger partial charge in [0.25, 0.3) is 0 Å². The van der Waals surface area contributed by atoms with Crippen molar-refractivity contribution in [2.75, 3.05) is 6.54 Å². The lowest BCUT2D eigenvalue weighted by Crippen LogP contribution is -2.14. The number of aryl methyl sites for hydroxylation is 1. The molecule has 19 heavy (non-hydrogen) atoms. The standard InChI is InChI=1S/C17H20FN/c18-17-11-6-10-16(13-17)14-19-12-5-4-9-15-7-2-1-3-8-15/h1-3,6-8,10-11,13,19H,4-5,9,12,14H2. The molecule has 0 atom stereocenters. The lowest BCUT2D eigenvalue weighted by molar-refractivity contribution is 0.608. The molecule has 0 amide bonds. The predicted octanol–water partition coefficient (Wildman–Crippen LogP) is 3.94. The van der Waals surface area contributed by atoms with Crippen LogP contribution >= 0.6 is 0 Å². The first-order valence-electron chi connectivity index (χ1n) is 6.84. The third-order valence-electron chi connectivity index (χ3n) is 3.13. The molecule has 0 unspecified atom stereocenters. The van der Waals surface area contributed by atoms with Gasteiger partial charge in [0.15, 0.2) is 0 Å². The van der Waals surface area contributed by atoms with Crippen LogP contribution in [-0.2, 0) is 13.0 Å². The smallest absolute Gasteiger partial charge is 0.123 e. The fraction of sp³-hybridized carbons (Fsp3) is 0.294. The van der Waals surface area contributed by atoms with Crippen LogP contribution in [0.2, 0.25) is 0 Å². The van der Waals surface area contributed by atoms with Gasteiger partial charge in [0.05, 0.1) is 0 Å². The minimum atomic E-state index is -0.164. The van der Waals surface area contributed by atoms with Crippen molar-refractivity contribution >= 4 is 0 Å². The summed E-state index contributed by atoms with van der Waals surface area (Å²) in [5.41, 5.74) is 2.40. The maximum atomic E-state index is 13.0. The summed E-state index contributed by atoms with van der Waals surface area (Å²) in [4.78, 5) is 0. The zero-order valence-corrected chi connectivity index (χ0v) is 11.1. The predicted molar refractivity (Wildman–Crippen MR) is 77.5 cm³/mol. The van der Waals surface area contributed by atoms with E-state index in [1.807, 2.05) is 12.1 Å². The highest BCUT2D eigenvalue weighted by Crippen LogP contribution is 2.05. The molecule has 0 aliphatic carbocycles. The van der Waals surface area contributed by atoms with Gasteiger partial charge in [-0.05, 0) is 49.1 Å². The van der Waals surface area contributed by atoms with Crippen LogP contribution in [0.15, 0.2) is 54.6 Å². The summed E-state index contributed by atoms with van der Waals surface area (Å²) in [5.74, 6) is -0.164. The number of hydrogen-bond donors (Lipinski definition) is 1. The van der Waals surface area contributed by atoms with Gasteiger partial charge in [-0.25, -0.2) is 4.39 Å². The molecule has 2 aromatic rings. The molecular weight excluding hydrogens is 237 g/mol. The maximum Gasteiger partial charge on any atom is 0.123 e. The highest BCUT2D eigenvalue weighted by molar-refractivity contribution is 5.16. The van der Waals surface area contributed by atoms with E-state index in [-0.39, 0.29) is 5.82 Å². The first-order chi connectivity index (χ1) is 9.34. The van der Waals surface area contributed by atoms with Gasteiger partial charge in [0.2, 0.25) is 0 Å². The van der Waals surface area contributed by atoms with Crippen molar-refractivity contribution in [1.82, 2.24) is 5.32 Å². The average Bonchev–Trinajstić information content (AvgIpc) is 2.44. The van der Waals surface area contributed by atoms with Crippen molar-refractivity contribution in [1.29, 1.82) is 0 Å². The van der Waals surface area contributed by atoms with Gasteiger partial charge < -0.3 is 5.32 Å². The van der Waals surface area contributed by atoms with E-state index in [2.05, 4.69) is 29.6 Å². The second-order valence-electron chi connectivity index (χ2n) is 4.75. The Labute approximate surface area is 114 Å². The second-order valence-corrected chi connectivity index (χ2v) is 4.75. The molecular formula is C17H20FN. The largest absolute Gasteiger partial charge is 0.313 e. The van der Waals surface area contributed by atoms with Gasteiger partial charge in [0, 0.05) is 6.54 Å². The van der Waals surface area contributed by atoms with Crippen molar-refractivity contribution < 1.29 is 4.39 Å². The fourth-order valence-electron chi connectivity index (χ4n) is 2.10. The van der Waals surface area contributed by atoms with Crippen LogP contribution < -0.4 is 5.32 Å². The quantitative estimate of drug-likeness (QED) is 0.741. The van der Waals surface area contributed by atoms with Crippen LogP contribution in [0.25, 0.3) is 0 Å². The van der Waals surface area contributed by atoms with Crippen molar-refractivity contribution in [3.8, 4) is 0 Å². The molecule has 0 aromatic heterocycles. The van der Waals surface area contributed by atoms with E-state index in [0.29, 0.717) is 0 Å². The molecule has 0 fully saturated rings. The molecule has 1 nitrogen and oxygen atoms in total. The lowest BCUT2D eigenvalue weighted by atomic mass is 10.1. The summed E-state index contributed by atoms with van der Waals surface area (Å²) in [7, 11) is 0. The number of unbranched alkanes of at least 4 members (excludes halogenated alkanes) is 1. The van der Waals surface area contributed by atoms with Crippen LogP contribution in [0.4, 0.5) is 4.39 Å². The molecule has 0 spiro atoms. The summed E-state index contributed by atoms with van der Waals surface area (Å²) >= 11 is 0. The monoisotopic (exact) mass is 257 g/mol. The first kappa shape index (κ1) is 13.8. The summed E-state index contributed by atoms with van der Waals surface area (Å²) in [6.45, 7) is 1.71. The molecule has 2 heteroatoms. The molecule has 0 bridgehead atoms. The number of hydrogen-bond acceptors (Lipinski definition) is 1. The summed E-state index contributed by atoms with van der Waals surface area (Å²) in [5, 5.41) is 3.35. The zero-order valence-electron chi connectivity index (χ0n) is 11.1. The van der Waals surface area contributed by atoms with E-state index in [0.717, 1.165) is 31.5 Å². The van der Waals surface area contributed by atoms with Crippen LogP contribution in [0.1, 0.15) is 24.0 Å². The van der Waals surface area contributed by atoms with E-state index in [1.165, 1.54) is 18.1 Å². The van der Waals surface area contributed by atoms with E-state index >= 15 is 0 Å². The number of benzene rings is 2. The van der Waals surface area contributed by atoms with Crippen molar-refractivity contribution in [3.05, 3.63) is 71.5 Å². The van der Waals surface area contributed by atoms with Crippen LogP contribution in [0.5, 0.6) is 0 Å². The Morgan fingerprint density at radius 1 is 0.842 bits per heavy atom. The normalized spacial score (nSPS) is 10.6. The fourth-order valence-corrected chi connectivity index (χ4v) is 2.10. The molecule has 0 aliphatic heterocycles. The topological polar surface area (TPSA) is 12.0 Å². The molecule has 2 aromatic carbocycles. The van der Waals surface area contributed by atoms with Gasteiger partial charge in [-0.3, -0.25) is 0 Å². The molecule has 0 saturated carbocycles. The van der Waals surface area contributed by atoms with Crippen molar-refractivity contribution in [3.63, 3.8) is 0 Å². The maximum absolute atomic E-state index is 13.0. The minimum Gasteiger partial charge on any atom is -0.313 e. The first-order valence-corrected chi connectivity index (χ1v) is 6.84. The van der Waals surface area contributed by atoms with Gasteiger partial charge in [-0.2, -0.15) is 0 Å². The molecule has 0 radical (unpaired) electrons. The summed E-state index contributed by atoms with van der Waals surface area (Å²) < 4.78 is 13.0. The molecule has 0 aliphatic rings. The Morgan fingerprint density at radius 2 is 1.63 bits per heavy atom. The van der Waals surface area contributed by atoms with Gasteiger partial charge >= 0.3 is 0 Å². The average molecular weight is 257 g/mol. The Morgan fingerprint density at radius 3 is 2.42 bits per heavy atom. The Kier molecular flexibility index (Phi) is 5.57. The third kappa shape index (κ3) is 5.23. The molecule has 0 heterocycles.